The number of esters is 1. The van der Waals surface area contributed by atoms with E-state index >= 15 is 0 Å². The van der Waals surface area contributed by atoms with Crippen LogP contribution in [0.4, 0.5) is 5.69 Å². The van der Waals surface area contributed by atoms with Crippen LogP contribution in [0.2, 0.25) is 0 Å². The van der Waals surface area contributed by atoms with Gasteiger partial charge >= 0.3 is 5.97 Å². The lowest BCUT2D eigenvalue weighted by atomic mass is 9.64. The van der Waals surface area contributed by atoms with Gasteiger partial charge in [0.2, 0.25) is 0 Å². The number of benzene rings is 1. The predicted octanol–water partition coefficient (Wildman–Crippen LogP) is 3.35. The van der Waals surface area contributed by atoms with Gasteiger partial charge in [0.15, 0.2) is 5.78 Å². The van der Waals surface area contributed by atoms with Crippen molar-refractivity contribution in [2.45, 2.75) is 45.6 Å². The van der Waals surface area contributed by atoms with Crippen molar-refractivity contribution in [3.8, 4) is 0 Å². The first-order valence-corrected chi connectivity index (χ1v) is 7.79. The Hall–Kier alpha value is -2.24. The number of cyclic esters (lactones) is 1. The second kappa shape index (κ2) is 5.15. The lowest BCUT2D eigenvalue weighted by molar-refractivity contribution is -0.385. The highest BCUT2D eigenvalue weighted by Gasteiger charge is 2.61. The number of hydrogen-bond acceptors (Lipinski definition) is 5. The molecule has 1 heterocycles. The molecular formula is C17H19NO5. The van der Waals surface area contributed by atoms with Crippen molar-refractivity contribution in [3.63, 3.8) is 0 Å². The Bertz CT molecular complexity index is 688. The highest BCUT2D eigenvalue weighted by atomic mass is 16.6. The molecule has 23 heavy (non-hydrogen) atoms. The SMILES string of the molecule is CC1(C)C(=O)C2(CCCC2)C(=O)O[C@@H]1c1cccc([N+](=O)[O-])c1. The van der Waals surface area contributed by atoms with Crippen LogP contribution >= 0.6 is 0 Å². The summed E-state index contributed by atoms with van der Waals surface area (Å²) in [5, 5.41) is 11.0. The zero-order valence-corrected chi connectivity index (χ0v) is 13.2. The second-order valence-corrected chi connectivity index (χ2v) is 6.98. The molecular weight excluding hydrogens is 298 g/mol. The summed E-state index contributed by atoms with van der Waals surface area (Å²) in [7, 11) is 0. The normalized spacial score (nSPS) is 25.4. The fourth-order valence-electron chi connectivity index (χ4n) is 3.89. The monoisotopic (exact) mass is 317 g/mol. The van der Waals surface area contributed by atoms with Gasteiger partial charge in [-0.3, -0.25) is 19.7 Å². The van der Waals surface area contributed by atoms with Crippen LogP contribution < -0.4 is 0 Å². The number of carbonyl (C=O) groups is 2. The Labute approximate surface area is 134 Å². The number of nitro benzene ring substituents is 1. The van der Waals surface area contributed by atoms with Crippen LogP contribution in [0.1, 0.15) is 51.2 Å². The van der Waals surface area contributed by atoms with Crippen molar-refractivity contribution in [2.24, 2.45) is 10.8 Å². The summed E-state index contributed by atoms with van der Waals surface area (Å²) in [6.45, 7) is 3.51. The zero-order chi connectivity index (χ0) is 16.8. The molecule has 2 fully saturated rings. The molecule has 1 saturated heterocycles. The average Bonchev–Trinajstić information content (AvgIpc) is 3.00. The van der Waals surface area contributed by atoms with Crippen molar-refractivity contribution in [1.29, 1.82) is 0 Å². The van der Waals surface area contributed by atoms with E-state index in [2.05, 4.69) is 0 Å². The Morgan fingerprint density at radius 2 is 1.87 bits per heavy atom. The van der Waals surface area contributed by atoms with Crippen LogP contribution in [-0.2, 0) is 14.3 Å². The average molecular weight is 317 g/mol. The number of non-ortho nitro benzene ring substituents is 1. The summed E-state index contributed by atoms with van der Waals surface area (Å²) < 4.78 is 5.65. The summed E-state index contributed by atoms with van der Waals surface area (Å²) >= 11 is 0. The van der Waals surface area contributed by atoms with E-state index in [-0.39, 0.29) is 11.5 Å². The minimum absolute atomic E-state index is 0.0806. The quantitative estimate of drug-likeness (QED) is 0.361. The molecule has 0 N–H and O–H groups in total. The molecule has 0 amide bonds. The van der Waals surface area contributed by atoms with E-state index in [9.17, 15) is 19.7 Å². The Balaban J connectivity index is 2.02. The van der Waals surface area contributed by atoms with E-state index in [1.165, 1.54) is 12.1 Å². The minimum atomic E-state index is -1.01. The molecule has 1 aliphatic heterocycles. The van der Waals surface area contributed by atoms with Gasteiger partial charge in [0, 0.05) is 17.7 Å². The number of carbonyl (C=O) groups excluding carboxylic acids is 2. The van der Waals surface area contributed by atoms with E-state index in [0.29, 0.717) is 18.4 Å². The first kappa shape index (κ1) is 15.6. The maximum Gasteiger partial charge on any atom is 0.320 e. The maximum absolute atomic E-state index is 13.0. The molecule has 0 bridgehead atoms. The molecule has 6 nitrogen and oxygen atoms in total. The van der Waals surface area contributed by atoms with Crippen molar-refractivity contribution >= 4 is 17.4 Å². The van der Waals surface area contributed by atoms with Gasteiger partial charge in [-0.05, 0) is 26.7 Å². The highest BCUT2D eigenvalue weighted by molar-refractivity contribution is 6.08. The van der Waals surface area contributed by atoms with Gasteiger partial charge in [0.25, 0.3) is 5.69 Å². The van der Waals surface area contributed by atoms with Crippen LogP contribution in [0.25, 0.3) is 0 Å². The number of hydrogen-bond donors (Lipinski definition) is 0. The van der Waals surface area contributed by atoms with Crippen LogP contribution in [0.5, 0.6) is 0 Å². The van der Waals surface area contributed by atoms with Crippen molar-refractivity contribution < 1.29 is 19.2 Å². The van der Waals surface area contributed by atoms with Gasteiger partial charge in [0.1, 0.15) is 11.5 Å². The molecule has 1 saturated carbocycles. The first-order valence-electron chi connectivity index (χ1n) is 7.79. The molecule has 1 spiro atoms. The molecule has 3 rings (SSSR count). The number of Topliss-reactive ketones (excluding diaryl/α,β-unsaturated/α-hetero) is 1. The van der Waals surface area contributed by atoms with Crippen molar-refractivity contribution in [3.05, 3.63) is 39.9 Å². The number of rotatable bonds is 2. The van der Waals surface area contributed by atoms with Crippen molar-refractivity contribution in [1.82, 2.24) is 0 Å². The Morgan fingerprint density at radius 1 is 1.22 bits per heavy atom. The summed E-state index contributed by atoms with van der Waals surface area (Å²) in [6, 6.07) is 5.95. The summed E-state index contributed by atoms with van der Waals surface area (Å²) in [6.07, 6.45) is 1.97. The Kier molecular flexibility index (Phi) is 3.50. The molecule has 0 aromatic heterocycles. The highest BCUT2D eigenvalue weighted by Crippen LogP contribution is 2.54. The lowest BCUT2D eigenvalue weighted by Gasteiger charge is -2.44. The molecule has 1 aliphatic carbocycles. The molecule has 2 aliphatic rings. The van der Waals surface area contributed by atoms with Gasteiger partial charge in [-0.25, -0.2) is 0 Å². The fraction of sp³-hybridized carbons (Fsp3) is 0.529. The van der Waals surface area contributed by atoms with E-state index in [1.807, 2.05) is 0 Å². The minimum Gasteiger partial charge on any atom is -0.456 e. The van der Waals surface area contributed by atoms with Crippen LogP contribution in [0.3, 0.4) is 0 Å². The zero-order valence-electron chi connectivity index (χ0n) is 13.2. The fourth-order valence-corrected chi connectivity index (χ4v) is 3.89. The third kappa shape index (κ3) is 2.24. The maximum atomic E-state index is 13.0. The lowest BCUT2D eigenvalue weighted by Crippen LogP contribution is -2.53. The van der Waals surface area contributed by atoms with E-state index in [1.54, 1.807) is 26.0 Å². The topological polar surface area (TPSA) is 86.5 Å². The molecule has 1 aromatic carbocycles. The van der Waals surface area contributed by atoms with E-state index in [4.69, 9.17) is 4.74 Å². The summed E-state index contributed by atoms with van der Waals surface area (Å²) in [4.78, 5) is 36.1. The number of ketones is 1. The van der Waals surface area contributed by atoms with Gasteiger partial charge in [0.05, 0.1) is 10.3 Å². The Morgan fingerprint density at radius 3 is 2.48 bits per heavy atom. The number of nitrogens with zero attached hydrogens (tertiary/aromatic N) is 1. The second-order valence-electron chi connectivity index (χ2n) is 6.98. The summed E-state index contributed by atoms with van der Waals surface area (Å²) in [5.74, 6) is -0.578. The predicted molar refractivity (Wildman–Crippen MR) is 81.6 cm³/mol. The van der Waals surface area contributed by atoms with E-state index in [0.717, 1.165) is 12.8 Å². The largest absolute Gasteiger partial charge is 0.456 e. The van der Waals surface area contributed by atoms with Crippen LogP contribution in [-0.4, -0.2) is 16.7 Å². The number of ether oxygens (including phenoxy) is 1. The first-order chi connectivity index (χ1) is 10.8. The van der Waals surface area contributed by atoms with E-state index < -0.39 is 27.8 Å². The molecule has 0 unspecified atom stereocenters. The third-order valence-corrected chi connectivity index (χ3v) is 5.13. The van der Waals surface area contributed by atoms with Crippen molar-refractivity contribution in [2.75, 3.05) is 0 Å². The molecule has 122 valence electrons. The van der Waals surface area contributed by atoms with Gasteiger partial charge < -0.3 is 4.74 Å². The summed E-state index contributed by atoms with van der Waals surface area (Å²) in [5.41, 5.74) is -1.52. The van der Waals surface area contributed by atoms with Gasteiger partial charge in [-0.2, -0.15) is 0 Å². The molecule has 0 radical (unpaired) electrons. The molecule has 6 heteroatoms. The number of nitro groups is 1. The van der Waals surface area contributed by atoms with Crippen LogP contribution in [0, 0.1) is 20.9 Å². The molecule has 1 atom stereocenters. The molecule has 1 aromatic rings. The van der Waals surface area contributed by atoms with Gasteiger partial charge in [-0.1, -0.05) is 25.0 Å². The van der Waals surface area contributed by atoms with Gasteiger partial charge in [-0.15, -0.1) is 0 Å². The van der Waals surface area contributed by atoms with Crippen LogP contribution in [0.15, 0.2) is 24.3 Å². The third-order valence-electron chi connectivity index (χ3n) is 5.13. The standard InChI is InChI=1S/C17H19NO5/c1-16(2)13(11-6-5-7-12(10-11)18(21)22)23-15(20)17(14(16)19)8-3-4-9-17/h5-7,10,13H,3-4,8-9H2,1-2H3/t13-/m1/s1. The smallest absolute Gasteiger partial charge is 0.320 e.